The van der Waals surface area contributed by atoms with Crippen LogP contribution < -0.4 is 4.74 Å². The second-order valence-corrected chi connectivity index (χ2v) is 14.3. The van der Waals surface area contributed by atoms with Gasteiger partial charge in [0.05, 0.1) is 16.6 Å². The van der Waals surface area contributed by atoms with Crippen molar-refractivity contribution in [2.24, 2.45) is 0 Å². The molecule has 3 nitrogen and oxygen atoms in total. The maximum atomic E-state index is 6.99. The van der Waals surface area contributed by atoms with Gasteiger partial charge in [0.15, 0.2) is 5.82 Å². The van der Waals surface area contributed by atoms with Crippen molar-refractivity contribution < 1.29 is 4.74 Å². The summed E-state index contributed by atoms with van der Waals surface area (Å²) in [7, 11) is 0. The second-order valence-electron chi connectivity index (χ2n) is 14.3. The third-order valence-corrected chi connectivity index (χ3v) is 11.5. The number of allylic oxidation sites excluding steroid dienone is 4. The standard InChI is InChI=1S/C51H34N2O/c1-2-14-33(15-3-1)34-28-30-35(31-29-34)48-41-20-6-10-26-46(41)52-50(53-48)37-17-12-16-36(32-37)38-21-13-25-45-49(38)54-47-27-11-9-24-44(47)51(45)42-22-7-4-18-39(42)40-19-5-8-23-43(40)51/h1-7,9-22,24-32H,8,23H2. The largest absolute Gasteiger partial charge is 0.456 e. The van der Waals surface area contributed by atoms with Crippen molar-refractivity contribution >= 4 is 16.5 Å². The highest BCUT2D eigenvalue weighted by Crippen LogP contribution is 2.63. The number of aromatic nitrogens is 2. The fourth-order valence-electron chi connectivity index (χ4n) is 9.12. The van der Waals surface area contributed by atoms with E-state index in [4.69, 9.17) is 14.7 Å². The molecule has 254 valence electrons. The number of hydrogen-bond acceptors (Lipinski definition) is 3. The molecular formula is C51H34N2O. The van der Waals surface area contributed by atoms with Crippen LogP contribution in [0.25, 0.3) is 61.4 Å². The van der Waals surface area contributed by atoms with Crippen LogP contribution in [0.2, 0.25) is 0 Å². The molecule has 0 radical (unpaired) electrons. The fourth-order valence-corrected chi connectivity index (χ4v) is 9.12. The van der Waals surface area contributed by atoms with Crippen LogP contribution in [0.4, 0.5) is 0 Å². The van der Waals surface area contributed by atoms with Gasteiger partial charge in [-0.2, -0.15) is 0 Å². The van der Waals surface area contributed by atoms with Gasteiger partial charge in [-0.15, -0.1) is 0 Å². The van der Waals surface area contributed by atoms with Crippen molar-refractivity contribution in [2.45, 2.75) is 18.3 Å². The van der Waals surface area contributed by atoms with Crippen LogP contribution >= 0.6 is 0 Å². The lowest BCUT2D eigenvalue weighted by Gasteiger charge is -2.41. The van der Waals surface area contributed by atoms with E-state index < -0.39 is 5.41 Å². The minimum atomic E-state index is -0.430. The molecule has 0 fully saturated rings. The molecule has 1 atom stereocenters. The molecule has 8 aromatic rings. The monoisotopic (exact) mass is 690 g/mol. The van der Waals surface area contributed by atoms with Crippen molar-refractivity contribution in [1.29, 1.82) is 0 Å². The summed E-state index contributed by atoms with van der Waals surface area (Å²) in [6.07, 6.45) is 6.69. The number of ether oxygens (including phenoxy) is 1. The second kappa shape index (κ2) is 12.1. The van der Waals surface area contributed by atoms with E-state index in [1.54, 1.807) is 0 Å². The van der Waals surface area contributed by atoms with Gasteiger partial charge in [-0.1, -0.05) is 164 Å². The molecule has 11 rings (SSSR count). The highest BCUT2D eigenvalue weighted by molar-refractivity contribution is 5.95. The van der Waals surface area contributed by atoms with Crippen LogP contribution in [0, 0.1) is 0 Å². The summed E-state index contributed by atoms with van der Waals surface area (Å²) in [4.78, 5) is 10.4. The Labute approximate surface area is 314 Å². The zero-order valence-electron chi connectivity index (χ0n) is 29.5. The summed E-state index contributed by atoms with van der Waals surface area (Å²) in [6.45, 7) is 0. The molecule has 1 spiro atoms. The highest BCUT2D eigenvalue weighted by atomic mass is 16.5. The predicted octanol–water partition coefficient (Wildman–Crippen LogP) is 12.9. The summed E-state index contributed by atoms with van der Waals surface area (Å²) in [5.74, 6) is 2.51. The first kappa shape index (κ1) is 30.8. The molecule has 0 bridgehead atoms. The lowest BCUT2D eigenvalue weighted by molar-refractivity contribution is 0.433. The van der Waals surface area contributed by atoms with Gasteiger partial charge in [-0.25, -0.2) is 9.97 Å². The fraction of sp³-hybridized carbons (Fsp3) is 0.0588. The van der Waals surface area contributed by atoms with Crippen molar-refractivity contribution in [3.8, 4) is 56.4 Å². The average molecular weight is 691 g/mol. The van der Waals surface area contributed by atoms with E-state index in [-0.39, 0.29) is 0 Å². The molecule has 3 aliphatic rings. The Morgan fingerprint density at radius 3 is 2.07 bits per heavy atom. The van der Waals surface area contributed by atoms with Gasteiger partial charge >= 0.3 is 0 Å². The van der Waals surface area contributed by atoms with Gasteiger partial charge < -0.3 is 4.74 Å². The molecule has 0 saturated carbocycles. The van der Waals surface area contributed by atoms with Crippen LogP contribution in [0.1, 0.15) is 35.1 Å². The maximum Gasteiger partial charge on any atom is 0.160 e. The molecule has 3 heteroatoms. The van der Waals surface area contributed by atoms with E-state index in [0.29, 0.717) is 5.82 Å². The van der Waals surface area contributed by atoms with Crippen molar-refractivity contribution in [3.63, 3.8) is 0 Å². The molecule has 1 aromatic heterocycles. The molecule has 2 heterocycles. The maximum absolute atomic E-state index is 6.99. The normalized spacial score (nSPS) is 16.4. The average Bonchev–Trinajstić information content (AvgIpc) is 3.54. The minimum Gasteiger partial charge on any atom is -0.456 e. The Hall–Kier alpha value is -6.84. The number of rotatable bonds is 4. The van der Waals surface area contributed by atoms with Crippen LogP contribution in [0.3, 0.4) is 0 Å². The first-order chi connectivity index (χ1) is 26.8. The van der Waals surface area contributed by atoms with Gasteiger partial charge in [0.1, 0.15) is 11.5 Å². The number of fused-ring (bicyclic) bond motifs is 9. The smallest absolute Gasteiger partial charge is 0.160 e. The van der Waals surface area contributed by atoms with E-state index >= 15 is 0 Å². The predicted molar refractivity (Wildman–Crippen MR) is 219 cm³/mol. The van der Waals surface area contributed by atoms with E-state index in [9.17, 15) is 0 Å². The van der Waals surface area contributed by atoms with Crippen molar-refractivity contribution in [1.82, 2.24) is 9.97 Å². The molecular weight excluding hydrogens is 657 g/mol. The number of hydrogen-bond donors (Lipinski definition) is 0. The van der Waals surface area contributed by atoms with E-state index in [1.807, 2.05) is 12.1 Å². The number of benzene rings is 7. The Morgan fingerprint density at radius 1 is 0.500 bits per heavy atom. The molecule has 1 aliphatic heterocycles. The highest BCUT2D eigenvalue weighted by Gasteiger charge is 2.52. The van der Waals surface area contributed by atoms with Crippen LogP contribution in [0.15, 0.2) is 188 Å². The van der Waals surface area contributed by atoms with E-state index in [1.165, 1.54) is 44.5 Å². The molecule has 0 saturated heterocycles. The van der Waals surface area contributed by atoms with Crippen LogP contribution in [-0.4, -0.2) is 9.97 Å². The topological polar surface area (TPSA) is 35.0 Å². The zero-order valence-corrected chi connectivity index (χ0v) is 29.5. The Morgan fingerprint density at radius 2 is 1.17 bits per heavy atom. The Bertz CT molecular complexity index is 2850. The van der Waals surface area contributed by atoms with E-state index in [2.05, 4.69) is 170 Å². The Kier molecular flexibility index (Phi) is 6.90. The summed E-state index contributed by atoms with van der Waals surface area (Å²) in [5, 5.41) is 1.03. The third-order valence-electron chi connectivity index (χ3n) is 11.5. The summed E-state index contributed by atoms with van der Waals surface area (Å²) >= 11 is 0. The van der Waals surface area contributed by atoms with Crippen LogP contribution in [-0.2, 0) is 5.41 Å². The van der Waals surface area contributed by atoms with Gasteiger partial charge in [-0.05, 0) is 70.0 Å². The Balaban J connectivity index is 1.07. The summed E-state index contributed by atoms with van der Waals surface area (Å²) in [6, 6.07) is 60.3. The molecule has 54 heavy (non-hydrogen) atoms. The van der Waals surface area contributed by atoms with Gasteiger partial charge in [-0.3, -0.25) is 0 Å². The lowest BCUT2D eigenvalue weighted by Crippen LogP contribution is -2.33. The molecule has 0 amide bonds. The molecule has 1 unspecified atom stereocenters. The van der Waals surface area contributed by atoms with Gasteiger partial charge in [0, 0.05) is 33.2 Å². The quantitative estimate of drug-likeness (QED) is 0.184. The summed E-state index contributed by atoms with van der Waals surface area (Å²) < 4.78 is 6.99. The molecule has 0 N–H and O–H groups in total. The van der Waals surface area contributed by atoms with Crippen molar-refractivity contribution in [3.05, 3.63) is 210 Å². The number of para-hydroxylation sites is 3. The molecule has 2 aliphatic carbocycles. The SMILES string of the molecule is C1=CC2=C(CC1)C1(c3ccccc3Oc3c(-c4cccc(-c5nc(-c6ccc(-c7ccccc7)cc6)c6ccccc6n5)c4)cccc31)c1ccccc12. The van der Waals surface area contributed by atoms with E-state index in [0.717, 1.165) is 63.2 Å². The van der Waals surface area contributed by atoms with Crippen LogP contribution in [0.5, 0.6) is 11.5 Å². The number of nitrogens with zero attached hydrogens (tertiary/aromatic N) is 2. The van der Waals surface area contributed by atoms with Gasteiger partial charge in [0.2, 0.25) is 0 Å². The van der Waals surface area contributed by atoms with Crippen molar-refractivity contribution in [2.75, 3.05) is 0 Å². The lowest BCUT2D eigenvalue weighted by atomic mass is 9.63. The summed E-state index contributed by atoms with van der Waals surface area (Å²) in [5.41, 5.74) is 15.8. The molecule has 7 aromatic carbocycles. The first-order valence-corrected chi connectivity index (χ1v) is 18.7. The first-order valence-electron chi connectivity index (χ1n) is 18.7. The zero-order chi connectivity index (χ0) is 35.6. The minimum absolute atomic E-state index is 0.430. The third kappa shape index (κ3) is 4.55. The van der Waals surface area contributed by atoms with Gasteiger partial charge in [0.25, 0.3) is 0 Å².